The van der Waals surface area contributed by atoms with Gasteiger partial charge in [-0.3, -0.25) is 0 Å². The molecule has 0 heterocycles. The molecule has 12 heavy (non-hydrogen) atoms. The third kappa shape index (κ3) is 1.51. The minimum Gasteiger partial charge on any atom is -1.00 e. The standard InChI is InChI=1S/C10H15.ClH.Mg/c1-7-4-5-8-6-9(7)10(8,2)3;;/h4,8-9H,1,5-6H2,2-3H3;1H;/q-1;;+2/p-1. The van der Waals surface area contributed by atoms with Crippen LogP contribution < -0.4 is 12.4 Å². The van der Waals surface area contributed by atoms with Crippen molar-refractivity contribution in [1.29, 1.82) is 0 Å². The van der Waals surface area contributed by atoms with Gasteiger partial charge in [0.15, 0.2) is 0 Å². The summed E-state index contributed by atoms with van der Waals surface area (Å²) in [5.74, 6) is 1.77. The molecule has 0 aromatic carbocycles. The summed E-state index contributed by atoms with van der Waals surface area (Å²) in [5, 5.41) is 0. The van der Waals surface area contributed by atoms with Crippen LogP contribution in [0, 0.1) is 24.2 Å². The van der Waals surface area contributed by atoms with Crippen LogP contribution >= 0.6 is 0 Å². The Morgan fingerprint density at radius 2 is 2.08 bits per heavy atom. The molecule has 0 saturated heterocycles. The third-order valence-corrected chi connectivity index (χ3v) is 3.58. The number of hydrogen-bond donors (Lipinski definition) is 0. The van der Waals surface area contributed by atoms with E-state index in [0.717, 1.165) is 11.8 Å². The van der Waals surface area contributed by atoms with Crippen LogP contribution in [0.5, 0.6) is 0 Å². The Balaban J connectivity index is 0.000000605. The van der Waals surface area contributed by atoms with Gasteiger partial charge in [-0.25, -0.2) is 18.6 Å². The van der Waals surface area contributed by atoms with E-state index in [2.05, 4.69) is 26.8 Å². The van der Waals surface area contributed by atoms with E-state index in [9.17, 15) is 0 Å². The fraction of sp³-hybridized carbons (Fsp3) is 0.700. The SMILES string of the molecule is [CH2-]C1=CCC2CC1C2(C)C.[Cl-].[Mg+2]. The van der Waals surface area contributed by atoms with Gasteiger partial charge in [0.05, 0.1) is 0 Å². The molecule has 3 aliphatic rings. The van der Waals surface area contributed by atoms with Crippen molar-refractivity contribution in [2.45, 2.75) is 26.7 Å². The molecule has 0 radical (unpaired) electrons. The molecule has 1 saturated carbocycles. The molecule has 2 atom stereocenters. The molecule has 2 heteroatoms. The normalized spacial score (nSPS) is 35.0. The third-order valence-electron chi connectivity index (χ3n) is 3.58. The summed E-state index contributed by atoms with van der Waals surface area (Å²) >= 11 is 0. The molecular weight excluding hydrogens is 180 g/mol. The van der Waals surface area contributed by atoms with Crippen LogP contribution in [0.25, 0.3) is 0 Å². The molecule has 0 aromatic rings. The Kier molecular flexibility index (Phi) is 4.02. The van der Waals surface area contributed by atoms with Gasteiger partial charge < -0.3 is 12.4 Å². The summed E-state index contributed by atoms with van der Waals surface area (Å²) in [6, 6.07) is 0. The number of rotatable bonds is 0. The summed E-state index contributed by atoms with van der Waals surface area (Å²) in [6.07, 6.45) is 5.01. The van der Waals surface area contributed by atoms with Crippen LogP contribution in [0.3, 0.4) is 0 Å². The summed E-state index contributed by atoms with van der Waals surface area (Å²) < 4.78 is 0. The van der Waals surface area contributed by atoms with Gasteiger partial charge in [-0.1, -0.05) is 20.3 Å². The number of hydrogen-bond acceptors (Lipinski definition) is 0. The van der Waals surface area contributed by atoms with Crippen molar-refractivity contribution in [2.75, 3.05) is 0 Å². The first kappa shape index (κ1) is 12.7. The molecule has 0 spiro atoms. The molecular formula is C10H15ClMg. The van der Waals surface area contributed by atoms with Crippen LogP contribution in [0.4, 0.5) is 0 Å². The molecule has 3 aliphatic carbocycles. The van der Waals surface area contributed by atoms with Crippen LogP contribution in [0.1, 0.15) is 26.7 Å². The van der Waals surface area contributed by atoms with Crippen LogP contribution in [-0.2, 0) is 0 Å². The second-order valence-electron chi connectivity index (χ2n) is 4.32. The van der Waals surface area contributed by atoms with E-state index in [4.69, 9.17) is 0 Å². The second kappa shape index (κ2) is 3.81. The van der Waals surface area contributed by atoms with Crippen molar-refractivity contribution in [2.24, 2.45) is 17.3 Å². The molecule has 1 fully saturated rings. The van der Waals surface area contributed by atoms with Gasteiger partial charge in [-0.05, 0) is 23.7 Å². The van der Waals surface area contributed by atoms with Gasteiger partial charge in [0.2, 0.25) is 0 Å². The Bertz CT molecular complexity index is 196. The van der Waals surface area contributed by atoms with E-state index < -0.39 is 0 Å². The van der Waals surface area contributed by atoms with Crippen LogP contribution in [-0.4, -0.2) is 23.1 Å². The molecule has 0 amide bonds. The zero-order valence-corrected chi connectivity index (χ0v) is 10.1. The van der Waals surface area contributed by atoms with Gasteiger partial charge in [0.1, 0.15) is 0 Å². The maximum absolute atomic E-state index is 4.07. The van der Waals surface area contributed by atoms with E-state index in [1.807, 2.05) is 0 Å². The maximum atomic E-state index is 4.07. The fourth-order valence-corrected chi connectivity index (χ4v) is 2.48. The summed E-state index contributed by atoms with van der Waals surface area (Å²) in [6.45, 7) is 8.83. The van der Waals surface area contributed by atoms with E-state index in [0.29, 0.717) is 5.41 Å². The summed E-state index contributed by atoms with van der Waals surface area (Å²) in [4.78, 5) is 0. The Hall–Kier alpha value is 0.666. The first-order chi connectivity index (χ1) is 4.62. The number of halogens is 1. The molecule has 3 rings (SSSR count). The predicted molar refractivity (Wildman–Crippen MR) is 49.2 cm³/mol. The zero-order chi connectivity index (χ0) is 7.35. The first-order valence-electron chi connectivity index (χ1n) is 4.14. The van der Waals surface area contributed by atoms with Crippen molar-refractivity contribution in [1.82, 2.24) is 0 Å². The molecule has 64 valence electrons. The van der Waals surface area contributed by atoms with E-state index in [1.165, 1.54) is 18.4 Å². The van der Waals surface area contributed by atoms with Crippen LogP contribution in [0.2, 0.25) is 0 Å². The van der Waals surface area contributed by atoms with Crippen molar-refractivity contribution in [3.05, 3.63) is 18.6 Å². The molecule has 0 N–H and O–H groups in total. The van der Waals surface area contributed by atoms with E-state index in [1.54, 1.807) is 0 Å². The van der Waals surface area contributed by atoms with Crippen molar-refractivity contribution in [3.63, 3.8) is 0 Å². The zero-order valence-electron chi connectivity index (χ0n) is 7.94. The minimum absolute atomic E-state index is 0. The molecule has 0 aromatic heterocycles. The Labute approximate surface area is 97.7 Å². The molecule has 0 nitrogen and oxygen atoms in total. The second-order valence-corrected chi connectivity index (χ2v) is 4.32. The fourth-order valence-electron chi connectivity index (χ4n) is 2.48. The number of allylic oxidation sites excluding steroid dienone is 2. The topological polar surface area (TPSA) is 0 Å². The van der Waals surface area contributed by atoms with Gasteiger partial charge in [0, 0.05) is 0 Å². The quantitative estimate of drug-likeness (QED) is 0.359. The average molecular weight is 195 g/mol. The average Bonchev–Trinajstić information content (AvgIpc) is 1.87. The number of fused-ring (bicyclic) bond motifs is 1. The van der Waals surface area contributed by atoms with Gasteiger partial charge in [-0.2, -0.15) is 0 Å². The van der Waals surface area contributed by atoms with Crippen molar-refractivity contribution in [3.8, 4) is 0 Å². The molecule has 2 unspecified atom stereocenters. The summed E-state index contributed by atoms with van der Waals surface area (Å²) in [7, 11) is 0. The van der Waals surface area contributed by atoms with Crippen molar-refractivity contribution >= 4 is 23.1 Å². The van der Waals surface area contributed by atoms with Gasteiger partial charge in [0.25, 0.3) is 0 Å². The predicted octanol–water partition coefficient (Wildman–Crippen LogP) is -0.564. The maximum Gasteiger partial charge on any atom is 2.00 e. The van der Waals surface area contributed by atoms with Gasteiger partial charge >= 0.3 is 23.1 Å². The summed E-state index contributed by atoms with van der Waals surface area (Å²) in [5.41, 5.74) is 1.97. The largest absolute Gasteiger partial charge is 2.00 e. The Morgan fingerprint density at radius 3 is 2.33 bits per heavy atom. The molecule has 0 aliphatic heterocycles. The van der Waals surface area contributed by atoms with E-state index >= 15 is 0 Å². The Morgan fingerprint density at radius 1 is 1.50 bits per heavy atom. The van der Waals surface area contributed by atoms with Crippen molar-refractivity contribution < 1.29 is 12.4 Å². The van der Waals surface area contributed by atoms with Crippen LogP contribution in [0.15, 0.2) is 11.6 Å². The minimum atomic E-state index is 0. The smallest absolute Gasteiger partial charge is 1.00 e. The van der Waals surface area contributed by atoms with E-state index in [-0.39, 0.29) is 35.5 Å². The first-order valence-corrected chi connectivity index (χ1v) is 4.14. The molecule has 2 bridgehead atoms. The van der Waals surface area contributed by atoms with Gasteiger partial charge in [-0.15, -0.1) is 0 Å². The monoisotopic (exact) mass is 194 g/mol.